The van der Waals surface area contributed by atoms with Gasteiger partial charge in [-0.15, -0.1) is 0 Å². The zero-order chi connectivity index (χ0) is 8.60. The summed E-state index contributed by atoms with van der Waals surface area (Å²) in [7, 11) is 1.97. The van der Waals surface area contributed by atoms with Crippen molar-refractivity contribution in [3.63, 3.8) is 0 Å². The molecule has 1 nitrogen and oxygen atoms in total. The Labute approximate surface area is 73.8 Å². The first kappa shape index (κ1) is 7.66. The summed E-state index contributed by atoms with van der Waals surface area (Å²) >= 11 is 0. The van der Waals surface area contributed by atoms with Crippen LogP contribution in [0.3, 0.4) is 0 Å². The van der Waals surface area contributed by atoms with Crippen LogP contribution in [0.1, 0.15) is 25.3 Å². The molecule has 0 unspecified atom stereocenters. The maximum Gasteiger partial charge on any atom is 0.0340 e. The Balaban J connectivity index is 2.32. The normalized spacial score (nSPS) is 18.8. The summed E-state index contributed by atoms with van der Waals surface area (Å²) in [4.78, 5) is 0. The predicted octanol–water partition coefficient (Wildman–Crippen LogP) is 2.78. The van der Waals surface area contributed by atoms with Crippen LogP contribution in [0.4, 0.5) is 5.69 Å². The van der Waals surface area contributed by atoms with Gasteiger partial charge in [0, 0.05) is 12.7 Å². The van der Waals surface area contributed by atoms with Crippen LogP contribution in [0.25, 0.3) is 0 Å². The van der Waals surface area contributed by atoms with Gasteiger partial charge in [0.2, 0.25) is 0 Å². The maximum absolute atomic E-state index is 3.17. The summed E-state index contributed by atoms with van der Waals surface area (Å²) in [5, 5.41) is 3.17. The highest BCUT2D eigenvalue weighted by Gasteiger charge is 2.38. The molecule has 1 aromatic carbocycles. The quantitative estimate of drug-likeness (QED) is 0.703. The molecule has 0 spiro atoms. The molecule has 64 valence electrons. The van der Waals surface area contributed by atoms with E-state index in [1.54, 1.807) is 0 Å². The summed E-state index contributed by atoms with van der Waals surface area (Å²) in [6.07, 6.45) is 2.69. The number of rotatable bonds is 2. The van der Waals surface area contributed by atoms with E-state index in [0.717, 1.165) is 0 Å². The lowest BCUT2D eigenvalue weighted by atomic mass is 9.98. The van der Waals surface area contributed by atoms with Crippen LogP contribution in [-0.4, -0.2) is 7.05 Å². The van der Waals surface area contributed by atoms with Gasteiger partial charge in [-0.05, 0) is 36.0 Å². The van der Waals surface area contributed by atoms with Gasteiger partial charge in [-0.1, -0.05) is 19.1 Å². The fourth-order valence-corrected chi connectivity index (χ4v) is 1.53. The lowest BCUT2D eigenvalue weighted by Crippen LogP contribution is -2.00. The minimum Gasteiger partial charge on any atom is -0.388 e. The highest BCUT2D eigenvalue weighted by molar-refractivity contribution is 5.48. The van der Waals surface area contributed by atoms with Crippen molar-refractivity contribution in [3.8, 4) is 0 Å². The third-order valence-electron chi connectivity index (χ3n) is 2.85. The van der Waals surface area contributed by atoms with E-state index < -0.39 is 0 Å². The Bertz CT molecular complexity index is 287. The number of hydrogen-bond donors (Lipinski definition) is 1. The largest absolute Gasteiger partial charge is 0.388 e. The molecule has 1 heteroatoms. The van der Waals surface area contributed by atoms with Gasteiger partial charge >= 0.3 is 0 Å². The van der Waals surface area contributed by atoms with Crippen molar-refractivity contribution in [1.29, 1.82) is 0 Å². The van der Waals surface area contributed by atoms with E-state index in [1.165, 1.54) is 24.1 Å². The zero-order valence-corrected chi connectivity index (χ0v) is 7.72. The van der Waals surface area contributed by atoms with Crippen LogP contribution >= 0.6 is 0 Å². The standard InChI is InChI=1S/C11H15N/c1-11(6-7-11)9-4-3-5-10(8-9)12-2/h3-5,8,12H,6-7H2,1-2H3. The van der Waals surface area contributed by atoms with Crippen LogP contribution in [0.2, 0.25) is 0 Å². The molecule has 0 atom stereocenters. The maximum atomic E-state index is 3.17. The first-order chi connectivity index (χ1) is 5.74. The Morgan fingerprint density at radius 2 is 2.08 bits per heavy atom. The summed E-state index contributed by atoms with van der Waals surface area (Å²) in [6.45, 7) is 2.34. The van der Waals surface area contributed by atoms with Crippen molar-refractivity contribution >= 4 is 5.69 Å². The van der Waals surface area contributed by atoms with E-state index in [-0.39, 0.29) is 0 Å². The van der Waals surface area contributed by atoms with Gasteiger partial charge in [-0.2, -0.15) is 0 Å². The second-order valence-corrected chi connectivity index (χ2v) is 3.89. The fourth-order valence-electron chi connectivity index (χ4n) is 1.53. The Hall–Kier alpha value is -0.980. The highest BCUT2D eigenvalue weighted by atomic mass is 14.8. The van der Waals surface area contributed by atoms with E-state index in [9.17, 15) is 0 Å². The highest BCUT2D eigenvalue weighted by Crippen LogP contribution is 2.47. The van der Waals surface area contributed by atoms with Gasteiger partial charge in [-0.25, -0.2) is 0 Å². The van der Waals surface area contributed by atoms with E-state index in [4.69, 9.17) is 0 Å². The third-order valence-corrected chi connectivity index (χ3v) is 2.85. The lowest BCUT2D eigenvalue weighted by molar-refractivity contribution is 0.788. The summed E-state index contributed by atoms with van der Waals surface area (Å²) < 4.78 is 0. The van der Waals surface area contributed by atoms with Gasteiger partial charge in [0.05, 0.1) is 0 Å². The molecular weight excluding hydrogens is 146 g/mol. The molecular formula is C11H15N. The molecule has 1 fully saturated rings. The first-order valence-corrected chi connectivity index (χ1v) is 4.53. The molecule has 1 N–H and O–H groups in total. The minimum absolute atomic E-state index is 0.493. The molecule has 0 amide bonds. The van der Waals surface area contributed by atoms with Gasteiger partial charge in [0.25, 0.3) is 0 Å². The summed E-state index contributed by atoms with van der Waals surface area (Å²) in [6, 6.07) is 8.72. The molecule has 0 bridgehead atoms. The summed E-state index contributed by atoms with van der Waals surface area (Å²) in [5.41, 5.74) is 3.20. The van der Waals surface area contributed by atoms with Crippen molar-refractivity contribution in [2.75, 3.05) is 12.4 Å². The summed E-state index contributed by atoms with van der Waals surface area (Å²) in [5.74, 6) is 0. The second-order valence-electron chi connectivity index (χ2n) is 3.89. The molecule has 1 saturated carbocycles. The van der Waals surface area contributed by atoms with Crippen LogP contribution in [0.15, 0.2) is 24.3 Å². The number of anilines is 1. The van der Waals surface area contributed by atoms with E-state index in [1.807, 2.05) is 7.05 Å². The number of nitrogens with one attached hydrogen (secondary N) is 1. The molecule has 1 aliphatic carbocycles. The average molecular weight is 161 g/mol. The number of hydrogen-bond acceptors (Lipinski definition) is 1. The monoisotopic (exact) mass is 161 g/mol. The van der Waals surface area contributed by atoms with Crippen LogP contribution < -0.4 is 5.32 Å². The predicted molar refractivity (Wildman–Crippen MR) is 52.6 cm³/mol. The number of benzene rings is 1. The van der Waals surface area contributed by atoms with Gasteiger partial charge in [0.1, 0.15) is 0 Å². The van der Waals surface area contributed by atoms with Gasteiger partial charge in [-0.3, -0.25) is 0 Å². The molecule has 1 aliphatic rings. The molecule has 12 heavy (non-hydrogen) atoms. The molecule has 1 aromatic rings. The Morgan fingerprint density at radius 3 is 2.67 bits per heavy atom. The minimum atomic E-state index is 0.493. The Kier molecular flexibility index (Phi) is 1.60. The molecule has 0 aromatic heterocycles. The Morgan fingerprint density at radius 1 is 1.33 bits per heavy atom. The third kappa shape index (κ3) is 1.20. The molecule has 0 saturated heterocycles. The lowest BCUT2D eigenvalue weighted by Gasteiger charge is -2.09. The van der Waals surface area contributed by atoms with Crippen molar-refractivity contribution in [3.05, 3.63) is 29.8 Å². The topological polar surface area (TPSA) is 12.0 Å². The fraction of sp³-hybridized carbons (Fsp3) is 0.455. The van der Waals surface area contributed by atoms with Gasteiger partial charge in [0.15, 0.2) is 0 Å². The molecule has 0 radical (unpaired) electrons. The molecule has 2 rings (SSSR count). The van der Waals surface area contributed by atoms with Crippen molar-refractivity contribution in [2.45, 2.75) is 25.2 Å². The SMILES string of the molecule is CNc1cccc(C2(C)CC2)c1. The van der Waals surface area contributed by atoms with Crippen molar-refractivity contribution < 1.29 is 0 Å². The molecule has 0 aliphatic heterocycles. The smallest absolute Gasteiger partial charge is 0.0340 e. The van der Waals surface area contributed by atoms with Crippen LogP contribution in [-0.2, 0) is 5.41 Å². The van der Waals surface area contributed by atoms with Crippen LogP contribution in [0.5, 0.6) is 0 Å². The zero-order valence-electron chi connectivity index (χ0n) is 7.72. The average Bonchev–Trinajstić information content (AvgIpc) is 2.85. The van der Waals surface area contributed by atoms with Crippen molar-refractivity contribution in [2.24, 2.45) is 0 Å². The molecule has 0 heterocycles. The van der Waals surface area contributed by atoms with Crippen molar-refractivity contribution in [1.82, 2.24) is 0 Å². The van der Waals surface area contributed by atoms with E-state index in [2.05, 4.69) is 36.5 Å². The van der Waals surface area contributed by atoms with Crippen LogP contribution in [0, 0.1) is 0 Å². The van der Waals surface area contributed by atoms with E-state index >= 15 is 0 Å². The van der Waals surface area contributed by atoms with Gasteiger partial charge < -0.3 is 5.32 Å². The van der Waals surface area contributed by atoms with E-state index in [0.29, 0.717) is 5.41 Å². The second kappa shape index (κ2) is 2.51. The first-order valence-electron chi connectivity index (χ1n) is 4.53.